The first-order valence-corrected chi connectivity index (χ1v) is 21.3. The van der Waals surface area contributed by atoms with Crippen LogP contribution in [0.25, 0.3) is 11.1 Å². The summed E-state index contributed by atoms with van der Waals surface area (Å²) >= 11 is 0. The normalized spacial score (nSPS) is 16.8. The van der Waals surface area contributed by atoms with E-state index in [1.807, 2.05) is 54.6 Å². The lowest BCUT2D eigenvalue weighted by molar-refractivity contribution is -0.253. The number of amides is 1. The van der Waals surface area contributed by atoms with Gasteiger partial charge in [-0.15, -0.1) is 0 Å². The molecule has 1 fully saturated rings. The Morgan fingerprint density at radius 3 is 1.81 bits per heavy atom. The Kier molecular flexibility index (Phi) is 18.4. The number of aliphatic hydroxyl groups is 1. The first-order valence-electron chi connectivity index (χ1n) is 21.3. The van der Waals surface area contributed by atoms with Crippen LogP contribution in [0.1, 0.15) is 142 Å². The number of hydrogen-bond donors (Lipinski definition) is 2. The van der Waals surface area contributed by atoms with E-state index < -0.39 is 46.8 Å². The van der Waals surface area contributed by atoms with Crippen molar-refractivity contribution in [2.45, 2.75) is 129 Å². The van der Waals surface area contributed by atoms with Crippen molar-refractivity contribution in [2.75, 3.05) is 19.6 Å². The lowest BCUT2D eigenvalue weighted by Gasteiger charge is -2.38. The molecule has 59 heavy (non-hydrogen) atoms. The Bertz CT molecular complexity index is 1860. The Morgan fingerprint density at radius 1 is 0.661 bits per heavy atom. The zero-order valence-corrected chi connectivity index (χ0v) is 34.4. The number of benzene rings is 4. The molecule has 0 radical (unpaired) electrons. The first-order chi connectivity index (χ1) is 28.6. The number of carbonyl (C=O) groups excluding carboxylic acids is 1. The second kappa shape index (κ2) is 23.6. The van der Waals surface area contributed by atoms with Gasteiger partial charge in [-0.1, -0.05) is 145 Å². The van der Waals surface area contributed by atoms with E-state index in [0.29, 0.717) is 12.0 Å². The number of halogens is 5. The van der Waals surface area contributed by atoms with Crippen molar-refractivity contribution in [3.8, 4) is 11.1 Å². The molecule has 0 saturated carbocycles. The van der Waals surface area contributed by atoms with Crippen LogP contribution in [-0.2, 0) is 22.6 Å². The molecule has 6 nitrogen and oxygen atoms in total. The van der Waals surface area contributed by atoms with Crippen LogP contribution in [0.4, 0.5) is 22.0 Å². The number of unbranched alkanes of at least 4 members (excludes halogenated alkanes) is 10. The van der Waals surface area contributed by atoms with Crippen molar-refractivity contribution in [2.24, 2.45) is 0 Å². The predicted molar refractivity (Wildman–Crippen MR) is 221 cm³/mol. The maximum Gasteiger partial charge on any atom is 0.257 e. The summed E-state index contributed by atoms with van der Waals surface area (Å²) in [5.41, 5.74) is 3.35. The molecule has 1 amide bonds. The Hall–Kier alpha value is -4.16. The van der Waals surface area contributed by atoms with Crippen LogP contribution in [0.15, 0.2) is 72.8 Å². The predicted octanol–water partition coefficient (Wildman–Crippen LogP) is 12.0. The summed E-state index contributed by atoms with van der Waals surface area (Å²) in [5, 5.41) is 11.9. The minimum atomic E-state index is -2.32. The van der Waals surface area contributed by atoms with E-state index in [-0.39, 0.29) is 25.4 Å². The van der Waals surface area contributed by atoms with Crippen LogP contribution >= 0.6 is 0 Å². The second-order valence-corrected chi connectivity index (χ2v) is 15.6. The van der Waals surface area contributed by atoms with E-state index in [4.69, 9.17) is 9.47 Å². The highest BCUT2D eigenvalue weighted by molar-refractivity contribution is 5.94. The topological polar surface area (TPSA) is 71.0 Å². The fourth-order valence-electron chi connectivity index (χ4n) is 7.62. The Morgan fingerprint density at radius 2 is 1.22 bits per heavy atom. The van der Waals surface area contributed by atoms with E-state index in [9.17, 15) is 31.9 Å². The highest BCUT2D eigenvalue weighted by Crippen LogP contribution is 2.39. The van der Waals surface area contributed by atoms with Gasteiger partial charge in [0.05, 0.1) is 18.8 Å². The molecule has 1 heterocycles. The van der Waals surface area contributed by atoms with Gasteiger partial charge < -0.3 is 24.8 Å². The molecule has 0 spiro atoms. The zero-order chi connectivity index (χ0) is 42.1. The number of nitrogens with zero attached hydrogens (tertiary/aromatic N) is 1. The van der Waals surface area contributed by atoms with Gasteiger partial charge in [0.2, 0.25) is 5.82 Å². The van der Waals surface area contributed by atoms with E-state index in [1.54, 1.807) is 18.2 Å². The maximum absolute atomic E-state index is 14.2. The summed E-state index contributed by atoms with van der Waals surface area (Å²) in [5.74, 6) is -12.5. The van der Waals surface area contributed by atoms with Gasteiger partial charge in [-0.05, 0) is 59.8 Å². The van der Waals surface area contributed by atoms with Gasteiger partial charge in [-0.2, -0.15) is 0 Å². The minimum absolute atomic E-state index is 0.0334. The quantitative estimate of drug-likeness (QED) is 0.0337. The largest absolute Gasteiger partial charge is 0.392 e. The number of ether oxygens (including phenoxy) is 2. The fourth-order valence-corrected chi connectivity index (χ4v) is 7.62. The first kappa shape index (κ1) is 45.9. The number of rotatable bonds is 23. The van der Waals surface area contributed by atoms with Gasteiger partial charge in [-0.3, -0.25) is 4.79 Å². The van der Waals surface area contributed by atoms with Crippen molar-refractivity contribution in [1.29, 1.82) is 0 Å². The summed E-state index contributed by atoms with van der Waals surface area (Å²) in [6, 6.07) is 22.7. The van der Waals surface area contributed by atoms with Gasteiger partial charge in [-0.25, -0.2) is 22.0 Å². The maximum atomic E-state index is 14.2. The number of hydrogen-bond acceptors (Lipinski definition) is 5. The molecule has 5 rings (SSSR count). The third-order valence-corrected chi connectivity index (χ3v) is 11.1. The minimum Gasteiger partial charge on any atom is -0.392 e. The van der Waals surface area contributed by atoms with Crippen LogP contribution in [0, 0.1) is 29.1 Å². The summed E-state index contributed by atoms with van der Waals surface area (Å²) in [6.45, 7) is 7.11. The molecular weight excluding hydrogens is 764 g/mol. The van der Waals surface area contributed by atoms with Crippen LogP contribution in [0.5, 0.6) is 0 Å². The van der Waals surface area contributed by atoms with Gasteiger partial charge in [0.15, 0.2) is 29.6 Å². The molecule has 0 aromatic heterocycles. The molecule has 0 aliphatic carbocycles. The lowest BCUT2D eigenvalue weighted by atomic mass is 9.98. The third-order valence-electron chi connectivity index (χ3n) is 11.1. The molecule has 320 valence electrons. The van der Waals surface area contributed by atoms with Gasteiger partial charge in [0, 0.05) is 25.1 Å². The number of nitrogens with one attached hydrogen (secondary N) is 1. The molecule has 4 aromatic rings. The summed E-state index contributed by atoms with van der Waals surface area (Å²) < 4.78 is 82.7. The van der Waals surface area contributed by atoms with Crippen molar-refractivity contribution in [3.05, 3.63) is 130 Å². The van der Waals surface area contributed by atoms with Gasteiger partial charge in [0.25, 0.3) is 5.91 Å². The Labute approximate surface area is 346 Å². The lowest BCUT2D eigenvalue weighted by Crippen LogP contribution is -2.40. The van der Waals surface area contributed by atoms with E-state index in [0.717, 1.165) is 47.5 Å². The zero-order valence-electron chi connectivity index (χ0n) is 34.4. The van der Waals surface area contributed by atoms with Crippen molar-refractivity contribution in [1.82, 2.24) is 10.2 Å². The summed E-state index contributed by atoms with van der Waals surface area (Å²) in [6.07, 6.45) is 14.7. The van der Waals surface area contributed by atoms with Crippen LogP contribution < -0.4 is 5.32 Å². The highest BCUT2D eigenvalue weighted by atomic mass is 19.2. The average Bonchev–Trinajstić information content (AvgIpc) is 3.26. The van der Waals surface area contributed by atoms with E-state index >= 15 is 0 Å². The molecule has 11 heteroatoms. The average molecular weight is 823 g/mol. The van der Waals surface area contributed by atoms with E-state index in [2.05, 4.69) is 24.1 Å². The molecule has 2 N–H and O–H groups in total. The highest BCUT2D eigenvalue weighted by Gasteiger charge is 2.33. The molecule has 1 saturated heterocycles. The number of aliphatic hydroxyl groups excluding tert-OH is 1. The molecule has 3 atom stereocenters. The second-order valence-electron chi connectivity index (χ2n) is 15.6. The van der Waals surface area contributed by atoms with Crippen molar-refractivity contribution < 1.29 is 41.3 Å². The smallest absolute Gasteiger partial charge is 0.257 e. The molecular formula is C48H59F5N2O4. The molecule has 1 aliphatic heterocycles. The van der Waals surface area contributed by atoms with E-state index in [1.165, 1.54) is 77.0 Å². The summed E-state index contributed by atoms with van der Waals surface area (Å²) in [4.78, 5) is 15.1. The molecule has 1 aliphatic rings. The molecule has 3 unspecified atom stereocenters. The summed E-state index contributed by atoms with van der Waals surface area (Å²) in [7, 11) is 0. The Balaban J connectivity index is 1.29. The fraction of sp³-hybridized carbons (Fsp3) is 0.479. The SMILES string of the molecule is CCCCCCCCN(CCCCCCCC)CC1CC(c2ccc(CO)cc2)OC(c2ccc(-c3cccc(CNC(=O)c4c(F)c(F)c(F)c(F)c4F)c3)cc2)O1. The van der Waals surface area contributed by atoms with Gasteiger partial charge >= 0.3 is 0 Å². The number of carbonyl (C=O) groups is 1. The van der Waals surface area contributed by atoms with Crippen LogP contribution in [0.3, 0.4) is 0 Å². The monoisotopic (exact) mass is 822 g/mol. The molecule has 0 bridgehead atoms. The van der Waals surface area contributed by atoms with Crippen LogP contribution in [-0.4, -0.2) is 41.7 Å². The van der Waals surface area contributed by atoms with Crippen molar-refractivity contribution >= 4 is 5.91 Å². The van der Waals surface area contributed by atoms with Crippen LogP contribution in [0.2, 0.25) is 0 Å². The third kappa shape index (κ3) is 13.2. The van der Waals surface area contributed by atoms with Gasteiger partial charge in [0.1, 0.15) is 5.56 Å². The van der Waals surface area contributed by atoms with Crippen molar-refractivity contribution in [3.63, 3.8) is 0 Å². The standard InChI is InChI=1S/C48H59F5N2O4/c1-3-5-7-9-11-13-26-55(27-14-12-10-8-6-4-2)31-39-29-40(36-20-18-33(32-56)19-21-36)59-48(58-39)37-24-22-35(23-25-37)38-17-15-16-34(28-38)30-54-47(57)41-42(49)44(51)46(53)45(52)43(41)50/h15-25,28,39-40,48,56H,3-14,26-27,29-32H2,1-2H3,(H,54,57). The molecule has 4 aromatic carbocycles.